The van der Waals surface area contributed by atoms with Crippen molar-refractivity contribution >= 4 is 23.5 Å². The Morgan fingerprint density at radius 3 is 2.83 bits per heavy atom. The van der Waals surface area contributed by atoms with Gasteiger partial charge in [0.15, 0.2) is 5.69 Å². The number of halogens is 1. The van der Waals surface area contributed by atoms with Crippen molar-refractivity contribution in [3.8, 4) is 0 Å². The van der Waals surface area contributed by atoms with Gasteiger partial charge in [-0.3, -0.25) is 14.3 Å². The van der Waals surface area contributed by atoms with Crippen molar-refractivity contribution in [1.29, 1.82) is 0 Å². The highest BCUT2D eigenvalue weighted by Gasteiger charge is 2.51. The van der Waals surface area contributed by atoms with E-state index in [9.17, 15) is 14.7 Å². The first kappa shape index (κ1) is 16.3. The van der Waals surface area contributed by atoms with Crippen molar-refractivity contribution in [3.05, 3.63) is 16.4 Å². The number of hydrogen-bond acceptors (Lipinski definition) is 4. The van der Waals surface area contributed by atoms with Gasteiger partial charge in [-0.15, -0.1) is 0 Å². The summed E-state index contributed by atoms with van der Waals surface area (Å²) in [5, 5.41) is 17.6. The fourth-order valence-electron chi connectivity index (χ4n) is 3.69. The number of carboxylic acid groups (broad SMARTS) is 1. The summed E-state index contributed by atoms with van der Waals surface area (Å²) in [6.45, 7) is 3.34. The van der Waals surface area contributed by atoms with Crippen LogP contribution in [0.25, 0.3) is 0 Å². The topological polar surface area (TPSA) is 87.5 Å². The molecular weight excluding hydrogens is 320 g/mol. The monoisotopic (exact) mass is 340 g/mol. The van der Waals surface area contributed by atoms with Gasteiger partial charge in [0.1, 0.15) is 5.41 Å². The van der Waals surface area contributed by atoms with Crippen molar-refractivity contribution in [1.82, 2.24) is 20.0 Å². The van der Waals surface area contributed by atoms with Gasteiger partial charge >= 0.3 is 5.97 Å². The van der Waals surface area contributed by atoms with Crippen LogP contribution in [0.1, 0.15) is 35.4 Å². The molecule has 126 valence electrons. The Kier molecular flexibility index (Phi) is 4.10. The molecule has 2 fully saturated rings. The van der Waals surface area contributed by atoms with E-state index in [0.717, 1.165) is 18.7 Å². The SMILES string of the molecule is Cc1c(Cl)c(C(=O)N2CC[C@H]3NCCC[C@]3(C(=O)O)C2)nn1C. The van der Waals surface area contributed by atoms with Gasteiger partial charge in [-0.05, 0) is 32.7 Å². The molecule has 0 radical (unpaired) electrons. The lowest BCUT2D eigenvalue weighted by Crippen LogP contribution is -2.63. The molecule has 1 amide bonds. The molecule has 0 bridgehead atoms. The van der Waals surface area contributed by atoms with Gasteiger partial charge in [-0.25, -0.2) is 0 Å². The van der Waals surface area contributed by atoms with E-state index in [0.29, 0.717) is 24.4 Å². The predicted octanol–water partition coefficient (Wildman–Crippen LogP) is 1.05. The molecule has 8 heteroatoms. The summed E-state index contributed by atoms with van der Waals surface area (Å²) < 4.78 is 1.57. The smallest absolute Gasteiger partial charge is 0.313 e. The van der Waals surface area contributed by atoms with Crippen LogP contribution < -0.4 is 5.32 Å². The van der Waals surface area contributed by atoms with Crippen LogP contribution in [0.15, 0.2) is 0 Å². The van der Waals surface area contributed by atoms with Gasteiger partial charge in [0.25, 0.3) is 5.91 Å². The molecule has 0 spiro atoms. The van der Waals surface area contributed by atoms with Crippen LogP contribution in [0, 0.1) is 12.3 Å². The van der Waals surface area contributed by atoms with E-state index in [1.54, 1.807) is 23.6 Å². The largest absolute Gasteiger partial charge is 0.481 e. The first-order valence-electron chi connectivity index (χ1n) is 7.82. The summed E-state index contributed by atoms with van der Waals surface area (Å²) in [6.07, 6.45) is 2.01. The zero-order chi connectivity index (χ0) is 16.8. The lowest BCUT2D eigenvalue weighted by atomic mass is 9.70. The number of aryl methyl sites for hydroxylation is 1. The van der Waals surface area contributed by atoms with Gasteiger partial charge in [-0.2, -0.15) is 5.10 Å². The molecule has 2 aliphatic heterocycles. The number of carbonyl (C=O) groups excluding carboxylic acids is 1. The first-order valence-corrected chi connectivity index (χ1v) is 8.20. The van der Waals surface area contributed by atoms with E-state index < -0.39 is 11.4 Å². The molecule has 2 N–H and O–H groups in total. The Bertz CT molecular complexity index is 659. The molecule has 3 rings (SSSR count). The Morgan fingerprint density at radius 2 is 2.22 bits per heavy atom. The summed E-state index contributed by atoms with van der Waals surface area (Å²) in [4.78, 5) is 26.3. The number of carbonyl (C=O) groups is 2. The van der Waals surface area contributed by atoms with Crippen molar-refractivity contribution < 1.29 is 14.7 Å². The maximum Gasteiger partial charge on any atom is 0.313 e. The zero-order valence-electron chi connectivity index (χ0n) is 13.3. The van der Waals surface area contributed by atoms with E-state index in [4.69, 9.17) is 11.6 Å². The second kappa shape index (κ2) is 5.79. The number of piperidine rings is 2. The predicted molar refractivity (Wildman–Crippen MR) is 84.6 cm³/mol. The standard InChI is InChI=1S/C15H21ClN4O3/c1-9-11(16)12(18-19(9)2)13(21)20-7-4-10-15(8-20,14(22)23)5-3-6-17-10/h10,17H,3-8H2,1-2H3,(H,22,23)/t10-,15+/m1/s1. The summed E-state index contributed by atoms with van der Waals surface area (Å²) in [5.74, 6) is -1.13. The van der Waals surface area contributed by atoms with Crippen LogP contribution in [-0.2, 0) is 11.8 Å². The number of aromatic nitrogens is 2. The highest BCUT2D eigenvalue weighted by molar-refractivity contribution is 6.34. The van der Waals surface area contributed by atoms with Crippen LogP contribution >= 0.6 is 11.6 Å². The normalized spacial score (nSPS) is 27.6. The fraction of sp³-hybridized carbons (Fsp3) is 0.667. The van der Waals surface area contributed by atoms with Crippen molar-refractivity contribution in [3.63, 3.8) is 0 Å². The molecule has 7 nitrogen and oxygen atoms in total. The number of rotatable bonds is 2. The average molecular weight is 341 g/mol. The van der Waals surface area contributed by atoms with Gasteiger partial charge in [0.05, 0.1) is 10.7 Å². The lowest BCUT2D eigenvalue weighted by Gasteiger charge is -2.48. The second-order valence-corrected chi connectivity index (χ2v) is 6.84. The highest BCUT2D eigenvalue weighted by atomic mass is 35.5. The second-order valence-electron chi connectivity index (χ2n) is 6.46. The number of hydrogen-bond donors (Lipinski definition) is 2. The average Bonchev–Trinajstić information content (AvgIpc) is 2.81. The van der Waals surface area contributed by atoms with E-state index in [1.165, 1.54) is 0 Å². The van der Waals surface area contributed by atoms with Gasteiger partial charge in [-0.1, -0.05) is 11.6 Å². The molecule has 1 aromatic heterocycles. The Labute approximate surface area is 139 Å². The maximum atomic E-state index is 12.8. The molecule has 0 aliphatic carbocycles. The number of nitrogens with one attached hydrogen (secondary N) is 1. The molecule has 23 heavy (non-hydrogen) atoms. The lowest BCUT2D eigenvalue weighted by molar-refractivity contribution is -0.156. The maximum absolute atomic E-state index is 12.8. The molecule has 0 saturated carbocycles. The molecular formula is C15H21ClN4O3. The van der Waals surface area contributed by atoms with Crippen molar-refractivity contribution in [2.45, 2.75) is 32.2 Å². The van der Waals surface area contributed by atoms with Gasteiger partial charge < -0.3 is 15.3 Å². The Morgan fingerprint density at radius 1 is 1.48 bits per heavy atom. The van der Waals surface area contributed by atoms with Gasteiger partial charge in [0.2, 0.25) is 0 Å². The van der Waals surface area contributed by atoms with Crippen molar-refractivity contribution in [2.75, 3.05) is 19.6 Å². The minimum Gasteiger partial charge on any atom is -0.481 e. The molecule has 3 heterocycles. The molecule has 2 aliphatic rings. The number of fused-ring (bicyclic) bond motifs is 1. The number of carboxylic acids is 1. The number of nitrogens with zero attached hydrogens (tertiary/aromatic N) is 3. The third-order valence-electron chi connectivity index (χ3n) is 5.19. The number of likely N-dealkylation sites (tertiary alicyclic amines) is 1. The van der Waals surface area contributed by atoms with Crippen LogP contribution in [0.5, 0.6) is 0 Å². The van der Waals surface area contributed by atoms with E-state index in [2.05, 4.69) is 10.4 Å². The third kappa shape index (κ3) is 2.52. The number of aliphatic carboxylic acids is 1. The zero-order valence-corrected chi connectivity index (χ0v) is 14.1. The molecule has 2 atom stereocenters. The summed E-state index contributed by atoms with van der Waals surface area (Å²) in [5.41, 5.74) is 0.00856. The fourth-order valence-corrected chi connectivity index (χ4v) is 3.93. The molecule has 0 aromatic carbocycles. The number of amides is 1. The summed E-state index contributed by atoms with van der Waals surface area (Å²) >= 11 is 6.20. The Balaban J connectivity index is 1.88. The molecule has 1 aromatic rings. The third-order valence-corrected chi connectivity index (χ3v) is 5.65. The quantitative estimate of drug-likeness (QED) is 0.840. The van der Waals surface area contributed by atoms with Crippen molar-refractivity contribution in [2.24, 2.45) is 12.5 Å². The summed E-state index contributed by atoms with van der Waals surface area (Å²) in [7, 11) is 1.73. The van der Waals surface area contributed by atoms with E-state index in [-0.39, 0.29) is 24.2 Å². The van der Waals surface area contributed by atoms with E-state index >= 15 is 0 Å². The first-order chi connectivity index (χ1) is 10.9. The Hall–Kier alpha value is -1.60. The van der Waals surface area contributed by atoms with Crippen LogP contribution in [0.3, 0.4) is 0 Å². The van der Waals surface area contributed by atoms with Gasteiger partial charge in [0, 0.05) is 26.2 Å². The summed E-state index contributed by atoms with van der Waals surface area (Å²) in [6, 6.07) is -0.0845. The highest BCUT2D eigenvalue weighted by Crippen LogP contribution is 2.38. The van der Waals surface area contributed by atoms with Crippen LogP contribution in [0.4, 0.5) is 0 Å². The minimum absolute atomic E-state index is 0.0845. The van der Waals surface area contributed by atoms with Crippen LogP contribution in [0.2, 0.25) is 5.02 Å². The van der Waals surface area contributed by atoms with E-state index in [1.807, 2.05) is 0 Å². The minimum atomic E-state index is -0.914. The molecule has 0 unspecified atom stereocenters. The van der Waals surface area contributed by atoms with Crippen LogP contribution in [-0.4, -0.2) is 57.3 Å². The molecule has 2 saturated heterocycles.